The third-order valence-electron chi connectivity index (χ3n) is 6.27. The zero-order valence-electron chi connectivity index (χ0n) is 18.7. The van der Waals surface area contributed by atoms with Crippen LogP contribution in [0.4, 0.5) is 5.69 Å². The number of Topliss-reactive ketones (excluding diaryl/α,β-unsaturated/α-hetero) is 1. The Bertz CT molecular complexity index is 1120. The molecule has 0 radical (unpaired) electrons. The molecule has 168 valence electrons. The number of methoxy groups -OCH3 is 3. The summed E-state index contributed by atoms with van der Waals surface area (Å²) in [6.07, 6.45) is 1.95. The fourth-order valence-corrected chi connectivity index (χ4v) is 4.87. The van der Waals surface area contributed by atoms with Crippen molar-refractivity contribution in [2.45, 2.75) is 38.5 Å². The molecular formula is C25H26ClNO5. The molecule has 7 heteroatoms. The van der Waals surface area contributed by atoms with Crippen molar-refractivity contribution in [1.82, 2.24) is 0 Å². The molecule has 0 N–H and O–H groups in total. The fraction of sp³-hybridized carbons (Fsp3) is 0.360. The van der Waals surface area contributed by atoms with Crippen LogP contribution in [0.3, 0.4) is 0 Å². The van der Waals surface area contributed by atoms with Gasteiger partial charge in [0.15, 0.2) is 17.3 Å². The number of carbonyl (C=O) groups excluding carboxylic acids is 2. The molecule has 0 aromatic heterocycles. The van der Waals surface area contributed by atoms with Gasteiger partial charge in [0.2, 0.25) is 5.91 Å². The number of amides is 1. The van der Waals surface area contributed by atoms with Crippen LogP contribution in [-0.4, -0.2) is 33.0 Å². The summed E-state index contributed by atoms with van der Waals surface area (Å²) in [5.41, 5.74) is 3.70. The van der Waals surface area contributed by atoms with Gasteiger partial charge >= 0.3 is 0 Å². The molecule has 2 aliphatic rings. The molecule has 0 fully saturated rings. The number of benzene rings is 2. The Morgan fingerprint density at radius 1 is 0.969 bits per heavy atom. The van der Waals surface area contributed by atoms with Crippen molar-refractivity contribution in [2.24, 2.45) is 0 Å². The number of ether oxygens (including phenoxy) is 3. The van der Waals surface area contributed by atoms with Gasteiger partial charge in [-0.3, -0.25) is 14.5 Å². The quantitative estimate of drug-likeness (QED) is 0.619. The van der Waals surface area contributed by atoms with E-state index in [2.05, 4.69) is 0 Å². The van der Waals surface area contributed by atoms with Crippen LogP contribution in [-0.2, 0) is 9.59 Å². The topological polar surface area (TPSA) is 65.1 Å². The molecular weight excluding hydrogens is 430 g/mol. The number of hydrogen-bond acceptors (Lipinski definition) is 5. The number of nitrogens with zero attached hydrogens (tertiary/aromatic N) is 1. The largest absolute Gasteiger partial charge is 0.496 e. The van der Waals surface area contributed by atoms with E-state index >= 15 is 0 Å². The average molecular weight is 456 g/mol. The third kappa shape index (κ3) is 3.62. The Labute approximate surface area is 192 Å². The third-order valence-corrected chi connectivity index (χ3v) is 6.68. The second-order valence-electron chi connectivity index (χ2n) is 7.96. The normalized spacial score (nSPS) is 18.5. The fourth-order valence-electron chi connectivity index (χ4n) is 4.70. The van der Waals surface area contributed by atoms with E-state index in [0.29, 0.717) is 47.1 Å². The van der Waals surface area contributed by atoms with Crippen LogP contribution in [0.1, 0.15) is 42.7 Å². The first kappa shape index (κ1) is 22.2. The van der Waals surface area contributed by atoms with E-state index in [1.54, 1.807) is 38.4 Å². The first-order valence-corrected chi connectivity index (χ1v) is 10.9. The Kier molecular flexibility index (Phi) is 6.15. The monoisotopic (exact) mass is 455 g/mol. The molecule has 2 aromatic rings. The standard InChI is InChI=1S/C25H26ClNO5/c1-14-17(26)7-5-8-18(14)27-19-9-6-10-20(28)25(19)16(12-24(27)29)15-11-22(31-3)23(32-4)13-21(15)30-2/h5,7-8,11,13,16H,6,9-10,12H2,1-4H3/t16-/m0/s1. The molecule has 0 bridgehead atoms. The predicted molar refractivity (Wildman–Crippen MR) is 123 cm³/mol. The number of carbonyl (C=O) groups is 2. The summed E-state index contributed by atoms with van der Waals surface area (Å²) in [6, 6.07) is 9.04. The van der Waals surface area contributed by atoms with Gasteiger partial charge < -0.3 is 14.2 Å². The maximum absolute atomic E-state index is 13.5. The molecule has 32 heavy (non-hydrogen) atoms. The van der Waals surface area contributed by atoms with Crippen molar-refractivity contribution in [3.05, 3.63) is 57.8 Å². The summed E-state index contributed by atoms with van der Waals surface area (Å²) in [4.78, 5) is 28.4. The number of allylic oxidation sites excluding steroid dienone is 2. The first-order chi connectivity index (χ1) is 15.4. The molecule has 1 heterocycles. The molecule has 2 aromatic carbocycles. The van der Waals surface area contributed by atoms with Crippen molar-refractivity contribution in [1.29, 1.82) is 0 Å². The minimum atomic E-state index is -0.421. The van der Waals surface area contributed by atoms with Crippen LogP contribution in [0, 0.1) is 6.92 Å². The van der Waals surface area contributed by atoms with Gasteiger partial charge in [-0.15, -0.1) is 0 Å². The molecule has 0 unspecified atom stereocenters. The number of hydrogen-bond donors (Lipinski definition) is 0. The second kappa shape index (κ2) is 8.87. The number of halogens is 1. The average Bonchev–Trinajstić information content (AvgIpc) is 2.80. The van der Waals surface area contributed by atoms with Gasteiger partial charge in [-0.2, -0.15) is 0 Å². The molecule has 0 saturated carbocycles. The smallest absolute Gasteiger partial charge is 0.232 e. The van der Waals surface area contributed by atoms with Gasteiger partial charge in [0.05, 0.1) is 27.0 Å². The predicted octanol–water partition coefficient (Wildman–Crippen LogP) is 5.20. The van der Waals surface area contributed by atoms with E-state index in [9.17, 15) is 9.59 Å². The summed E-state index contributed by atoms with van der Waals surface area (Å²) >= 11 is 6.35. The van der Waals surface area contributed by atoms with Crippen molar-refractivity contribution in [3.8, 4) is 17.2 Å². The van der Waals surface area contributed by atoms with Gasteiger partial charge in [0.1, 0.15) is 5.75 Å². The van der Waals surface area contributed by atoms with Gasteiger partial charge in [-0.05, 0) is 43.5 Å². The van der Waals surface area contributed by atoms with E-state index < -0.39 is 5.92 Å². The van der Waals surface area contributed by atoms with Crippen molar-refractivity contribution >= 4 is 29.0 Å². The maximum atomic E-state index is 13.5. The van der Waals surface area contributed by atoms with Crippen molar-refractivity contribution < 1.29 is 23.8 Å². The van der Waals surface area contributed by atoms with E-state index in [1.807, 2.05) is 25.1 Å². The first-order valence-electron chi connectivity index (χ1n) is 10.6. The van der Waals surface area contributed by atoms with Crippen LogP contribution in [0.15, 0.2) is 41.6 Å². The highest BCUT2D eigenvalue weighted by Crippen LogP contribution is 2.48. The van der Waals surface area contributed by atoms with Crippen molar-refractivity contribution in [2.75, 3.05) is 26.2 Å². The summed E-state index contributed by atoms with van der Waals surface area (Å²) in [6.45, 7) is 1.89. The van der Waals surface area contributed by atoms with Crippen LogP contribution >= 0.6 is 11.6 Å². The zero-order valence-corrected chi connectivity index (χ0v) is 19.4. The minimum Gasteiger partial charge on any atom is -0.496 e. The summed E-state index contributed by atoms with van der Waals surface area (Å²) < 4.78 is 16.5. The SMILES string of the molecule is COc1cc(OC)c([C@@H]2CC(=O)N(c3cccc(Cl)c3C)C3=C2C(=O)CCC3)cc1OC. The highest BCUT2D eigenvalue weighted by Gasteiger charge is 2.41. The lowest BCUT2D eigenvalue weighted by atomic mass is 9.76. The Balaban J connectivity index is 1.92. The lowest BCUT2D eigenvalue weighted by Crippen LogP contribution is -2.41. The Hall–Kier alpha value is -2.99. The highest BCUT2D eigenvalue weighted by atomic mass is 35.5. The maximum Gasteiger partial charge on any atom is 0.232 e. The zero-order chi connectivity index (χ0) is 23.0. The van der Waals surface area contributed by atoms with Gasteiger partial charge in [-0.25, -0.2) is 0 Å². The molecule has 0 spiro atoms. The van der Waals surface area contributed by atoms with Gasteiger partial charge in [0, 0.05) is 46.7 Å². The van der Waals surface area contributed by atoms with E-state index in [4.69, 9.17) is 25.8 Å². The molecule has 1 atom stereocenters. The van der Waals surface area contributed by atoms with E-state index in [-0.39, 0.29) is 18.1 Å². The Morgan fingerprint density at radius 2 is 1.66 bits per heavy atom. The van der Waals surface area contributed by atoms with Crippen LogP contribution in [0.5, 0.6) is 17.2 Å². The molecule has 0 saturated heterocycles. The lowest BCUT2D eigenvalue weighted by Gasteiger charge is -2.39. The van der Waals surface area contributed by atoms with Gasteiger partial charge in [-0.1, -0.05) is 17.7 Å². The van der Waals surface area contributed by atoms with E-state index in [0.717, 1.165) is 22.5 Å². The molecule has 4 rings (SSSR count). The number of ketones is 1. The van der Waals surface area contributed by atoms with Gasteiger partial charge in [0.25, 0.3) is 0 Å². The minimum absolute atomic E-state index is 0.0604. The summed E-state index contributed by atoms with van der Waals surface area (Å²) in [7, 11) is 4.67. The van der Waals surface area contributed by atoms with Crippen LogP contribution in [0.25, 0.3) is 0 Å². The second-order valence-corrected chi connectivity index (χ2v) is 8.36. The molecule has 1 aliphatic carbocycles. The molecule has 1 aliphatic heterocycles. The Morgan fingerprint density at radius 3 is 2.34 bits per heavy atom. The number of rotatable bonds is 5. The molecule has 1 amide bonds. The van der Waals surface area contributed by atoms with E-state index in [1.165, 1.54) is 0 Å². The van der Waals surface area contributed by atoms with Crippen LogP contribution in [0.2, 0.25) is 5.02 Å². The number of anilines is 1. The lowest BCUT2D eigenvalue weighted by molar-refractivity contribution is -0.119. The summed E-state index contributed by atoms with van der Waals surface area (Å²) in [5, 5.41) is 0.586. The summed E-state index contributed by atoms with van der Waals surface area (Å²) in [5.74, 6) is 1.16. The molecule has 6 nitrogen and oxygen atoms in total. The highest BCUT2D eigenvalue weighted by molar-refractivity contribution is 6.31. The van der Waals surface area contributed by atoms with Crippen molar-refractivity contribution in [3.63, 3.8) is 0 Å². The van der Waals surface area contributed by atoms with Crippen LogP contribution < -0.4 is 19.1 Å².